The number of rotatable bonds is 5. The second-order valence-electron chi connectivity index (χ2n) is 6.39. The molecule has 3 N–H and O–H groups in total. The van der Waals surface area contributed by atoms with Gasteiger partial charge < -0.3 is 10.6 Å². The van der Waals surface area contributed by atoms with Crippen molar-refractivity contribution < 1.29 is 14.5 Å². The summed E-state index contributed by atoms with van der Waals surface area (Å²) < 4.78 is 0. The molecular formula is C19H20N4O4S. The van der Waals surface area contributed by atoms with Gasteiger partial charge in [-0.2, -0.15) is 0 Å². The molecule has 8 nitrogen and oxygen atoms in total. The van der Waals surface area contributed by atoms with Crippen molar-refractivity contribution in [1.29, 1.82) is 0 Å². The van der Waals surface area contributed by atoms with Gasteiger partial charge in [0.2, 0.25) is 5.91 Å². The molecular weight excluding hydrogens is 380 g/mol. The van der Waals surface area contributed by atoms with Crippen LogP contribution in [0.15, 0.2) is 42.5 Å². The monoisotopic (exact) mass is 400 g/mol. The van der Waals surface area contributed by atoms with Gasteiger partial charge in [0, 0.05) is 34.5 Å². The molecule has 0 atom stereocenters. The van der Waals surface area contributed by atoms with Crippen LogP contribution in [-0.4, -0.2) is 21.9 Å². The summed E-state index contributed by atoms with van der Waals surface area (Å²) >= 11 is 5.11. The molecule has 0 bridgehead atoms. The predicted molar refractivity (Wildman–Crippen MR) is 111 cm³/mol. The molecule has 0 radical (unpaired) electrons. The highest BCUT2D eigenvalue weighted by Gasteiger charge is 2.16. The zero-order valence-electron chi connectivity index (χ0n) is 15.6. The van der Waals surface area contributed by atoms with Gasteiger partial charge in [0.05, 0.1) is 4.92 Å². The number of aryl methyl sites for hydroxylation is 1. The van der Waals surface area contributed by atoms with Gasteiger partial charge in [0.15, 0.2) is 5.11 Å². The Labute approximate surface area is 167 Å². The van der Waals surface area contributed by atoms with Crippen LogP contribution in [-0.2, 0) is 4.79 Å². The molecule has 146 valence electrons. The van der Waals surface area contributed by atoms with Crippen molar-refractivity contribution in [2.45, 2.75) is 20.8 Å². The van der Waals surface area contributed by atoms with E-state index in [0.29, 0.717) is 16.9 Å². The summed E-state index contributed by atoms with van der Waals surface area (Å²) in [5.41, 5.74) is 1.72. The molecule has 2 aromatic rings. The van der Waals surface area contributed by atoms with Crippen LogP contribution < -0.4 is 16.0 Å². The highest BCUT2D eigenvalue weighted by molar-refractivity contribution is 7.80. The molecule has 2 rings (SSSR count). The first-order valence-electron chi connectivity index (χ1n) is 8.45. The lowest BCUT2D eigenvalue weighted by Crippen LogP contribution is -2.34. The number of thiocarbonyl (C=S) groups is 1. The summed E-state index contributed by atoms with van der Waals surface area (Å²) in [4.78, 5) is 34.4. The number of nitro groups is 1. The molecule has 0 saturated carbocycles. The molecule has 9 heteroatoms. The van der Waals surface area contributed by atoms with E-state index < -0.39 is 10.8 Å². The average molecular weight is 400 g/mol. The highest BCUT2D eigenvalue weighted by Crippen LogP contribution is 2.19. The molecule has 0 aliphatic rings. The first-order valence-corrected chi connectivity index (χ1v) is 8.86. The summed E-state index contributed by atoms with van der Waals surface area (Å²) in [6.07, 6.45) is 0. The molecule has 0 heterocycles. The molecule has 28 heavy (non-hydrogen) atoms. The second kappa shape index (κ2) is 9.05. The molecule has 0 spiro atoms. The third-order valence-electron chi connectivity index (χ3n) is 3.83. The number of nitro benzene ring substituents is 1. The third kappa shape index (κ3) is 5.58. The number of benzene rings is 2. The van der Waals surface area contributed by atoms with Gasteiger partial charge in [-0.1, -0.05) is 19.9 Å². The average Bonchev–Trinajstić information content (AvgIpc) is 2.63. The summed E-state index contributed by atoms with van der Waals surface area (Å²) in [6, 6.07) is 11.0. The number of hydrogen-bond acceptors (Lipinski definition) is 5. The highest BCUT2D eigenvalue weighted by atomic mass is 32.1. The van der Waals surface area contributed by atoms with Crippen molar-refractivity contribution in [3.63, 3.8) is 0 Å². The minimum atomic E-state index is -0.554. The number of carbonyl (C=O) groups is 2. The van der Waals surface area contributed by atoms with Gasteiger partial charge in [-0.3, -0.25) is 25.0 Å². The van der Waals surface area contributed by atoms with Crippen molar-refractivity contribution in [2.75, 3.05) is 10.6 Å². The lowest BCUT2D eigenvalue weighted by molar-refractivity contribution is -0.385. The minimum Gasteiger partial charge on any atom is -0.332 e. The maximum absolute atomic E-state index is 12.3. The number of carbonyl (C=O) groups excluding carboxylic acids is 2. The van der Waals surface area contributed by atoms with Crippen LogP contribution in [0.3, 0.4) is 0 Å². The molecule has 0 unspecified atom stereocenters. The van der Waals surface area contributed by atoms with E-state index in [0.717, 1.165) is 0 Å². The lowest BCUT2D eigenvalue weighted by Gasteiger charge is -2.11. The van der Waals surface area contributed by atoms with Crippen LogP contribution in [0.5, 0.6) is 0 Å². The van der Waals surface area contributed by atoms with Crippen molar-refractivity contribution in [2.24, 2.45) is 5.92 Å². The van der Waals surface area contributed by atoms with Gasteiger partial charge in [-0.25, -0.2) is 0 Å². The van der Waals surface area contributed by atoms with Crippen molar-refractivity contribution in [3.8, 4) is 0 Å². The van der Waals surface area contributed by atoms with Gasteiger partial charge in [0.1, 0.15) is 0 Å². The topological polar surface area (TPSA) is 113 Å². The Bertz CT molecular complexity index is 926. The summed E-state index contributed by atoms with van der Waals surface area (Å²) in [7, 11) is 0. The molecule has 2 amide bonds. The summed E-state index contributed by atoms with van der Waals surface area (Å²) in [5.74, 6) is -0.768. The Morgan fingerprint density at radius 1 is 1.04 bits per heavy atom. The van der Waals surface area contributed by atoms with Crippen LogP contribution in [0.4, 0.5) is 17.1 Å². The fraction of sp³-hybridized carbons (Fsp3) is 0.211. The van der Waals surface area contributed by atoms with Crippen LogP contribution in [0.25, 0.3) is 0 Å². The lowest BCUT2D eigenvalue weighted by atomic mass is 10.1. The molecule has 0 aliphatic heterocycles. The maximum atomic E-state index is 12.3. The molecule has 0 fully saturated rings. The zero-order chi connectivity index (χ0) is 20.8. The van der Waals surface area contributed by atoms with E-state index in [4.69, 9.17) is 12.2 Å². The van der Waals surface area contributed by atoms with Crippen LogP contribution >= 0.6 is 12.2 Å². The summed E-state index contributed by atoms with van der Waals surface area (Å²) in [6.45, 7) is 5.20. The van der Waals surface area contributed by atoms with E-state index >= 15 is 0 Å². The first-order chi connectivity index (χ1) is 13.2. The van der Waals surface area contributed by atoms with Crippen LogP contribution in [0.2, 0.25) is 0 Å². The Morgan fingerprint density at radius 2 is 1.61 bits per heavy atom. The smallest absolute Gasteiger partial charge is 0.273 e. The zero-order valence-corrected chi connectivity index (χ0v) is 16.4. The van der Waals surface area contributed by atoms with Gasteiger partial charge in [0.25, 0.3) is 11.6 Å². The second-order valence-corrected chi connectivity index (χ2v) is 6.80. The largest absolute Gasteiger partial charge is 0.332 e. The molecule has 0 aliphatic carbocycles. The Balaban J connectivity index is 1.98. The van der Waals surface area contributed by atoms with Crippen molar-refractivity contribution in [3.05, 3.63) is 63.7 Å². The Hall–Kier alpha value is -3.33. The van der Waals surface area contributed by atoms with Gasteiger partial charge in [-0.15, -0.1) is 0 Å². The Morgan fingerprint density at radius 3 is 2.14 bits per heavy atom. The van der Waals surface area contributed by atoms with Crippen LogP contribution in [0.1, 0.15) is 29.8 Å². The number of nitrogens with zero attached hydrogens (tertiary/aromatic N) is 1. The maximum Gasteiger partial charge on any atom is 0.273 e. The van der Waals surface area contributed by atoms with Crippen LogP contribution in [0, 0.1) is 23.0 Å². The third-order valence-corrected chi connectivity index (χ3v) is 4.03. The number of hydrogen-bond donors (Lipinski definition) is 3. The van der Waals surface area contributed by atoms with Crippen molar-refractivity contribution in [1.82, 2.24) is 5.32 Å². The predicted octanol–water partition coefficient (Wildman–Crippen LogP) is 3.62. The first kappa shape index (κ1) is 21.0. The molecule has 2 aromatic carbocycles. The fourth-order valence-corrected chi connectivity index (χ4v) is 2.42. The van der Waals surface area contributed by atoms with E-state index in [9.17, 15) is 19.7 Å². The quantitative estimate of drug-likeness (QED) is 0.401. The SMILES string of the molecule is Cc1ccc(C(=O)NC(=S)Nc2ccc(NC(=O)C(C)C)cc2)cc1[N+](=O)[O-]. The molecule has 0 saturated heterocycles. The minimum absolute atomic E-state index is 0.0483. The fourth-order valence-electron chi connectivity index (χ4n) is 2.21. The molecule has 0 aromatic heterocycles. The van der Waals surface area contributed by atoms with E-state index in [1.807, 2.05) is 0 Å². The summed E-state index contributed by atoms with van der Waals surface area (Å²) in [5, 5.41) is 19.1. The normalized spacial score (nSPS) is 10.3. The number of anilines is 2. The van der Waals surface area contributed by atoms with E-state index in [1.165, 1.54) is 18.2 Å². The number of amides is 2. The van der Waals surface area contributed by atoms with E-state index in [2.05, 4.69) is 16.0 Å². The van der Waals surface area contributed by atoms with Gasteiger partial charge >= 0.3 is 0 Å². The van der Waals surface area contributed by atoms with E-state index in [1.54, 1.807) is 45.0 Å². The standard InChI is InChI=1S/C19H20N4O4S/c1-11(2)17(24)20-14-6-8-15(9-7-14)21-19(28)22-18(25)13-5-4-12(3)16(10-13)23(26)27/h4-11H,1-3H3,(H,20,24)(H2,21,22,25,28). The Kier molecular flexibility index (Phi) is 6.78. The van der Waals surface area contributed by atoms with Gasteiger partial charge in [-0.05, 0) is 49.5 Å². The number of nitrogens with one attached hydrogen (secondary N) is 3. The van der Waals surface area contributed by atoms with E-state index in [-0.39, 0.29) is 28.2 Å². The van der Waals surface area contributed by atoms with Crippen molar-refractivity contribution >= 4 is 46.2 Å².